The van der Waals surface area contributed by atoms with Crippen LogP contribution in [0.4, 0.5) is 4.79 Å². The largest absolute Gasteiger partial charge is 0.337 e. The van der Waals surface area contributed by atoms with Gasteiger partial charge in [0.1, 0.15) is 0 Å². The van der Waals surface area contributed by atoms with E-state index in [0.717, 1.165) is 18.9 Å². The van der Waals surface area contributed by atoms with Gasteiger partial charge in [-0.1, -0.05) is 13.3 Å². The van der Waals surface area contributed by atoms with Crippen molar-refractivity contribution in [3.05, 3.63) is 30.1 Å². The molecular formula is C17H25N3O. The average molecular weight is 287 g/mol. The molecule has 1 N–H and O–H groups in total. The minimum atomic E-state index is 0.130. The van der Waals surface area contributed by atoms with E-state index >= 15 is 0 Å². The molecule has 2 aliphatic rings. The van der Waals surface area contributed by atoms with E-state index in [9.17, 15) is 4.79 Å². The Morgan fingerprint density at radius 3 is 2.76 bits per heavy atom. The Hall–Kier alpha value is -1.58. The number of amides is 2. The number of nitrogens with zero attached hydrogens (tertiary/aromatic N) is 2. The Morgan fingerprint density at radius 2 is 2.10 bits per heavy atom. The molecule has 1 aliphatic heterocycles. The van der Waals surface area contributed by atoms with Gasteiger partial charge in [-0.25, -0.2) is 4.79 Å². The van der Waals surface area contributed by atoms with Crippen molar-refractivity contribution in [3.63, 3.8) is 0 Å². The van der Waals surface area contributed by atoms with E-state index in [4.69, 9.17) is 0 Å². The molecule has 1 saturated heterocycles. The van der Waals surface area contributed by atoms with Crippen LogP contribution >= 0.6 is 0 Å². The first-order valence-corrected chi connectivity index (χ1v) is 8.20. The van der Waals surface area contributed by atoms with Crippen molar-refractivity contribution >= 4 is 6.03 Å². The van der Waals surface area contributed by atoms with Crippen LogP contribution < -0.4 is 5.32 Å². The minimum absolute atomic E-state index is 0.130. The molecule has 0 radical (unpaired) electrons. The fraction of sp³-hybridized carbons (Fsp3) is 0.647. The molecule has 114 valence electrons. The zero-order valence-corrected chi connectivity index (χ0v) is 12.8. The van der Waals surface area contributed by atoms with Crippen molar-refractivity contribution in [1.29, 1.82) is 0 Å². The first kappa shape index (κ1) is 14.4. The summed E-state index contributed by atoms with van der Waals surface area (Å²) >= 11 is 0. The van der Waals surface area contributed by atoms with E-state index in [1.54, 1.807) is 12.4 Å². The van der Waals surface area contributed by atoms with Crippen LogP contribution in [0.2, 0.25) is 0 Å². The number of carbonyl (C=O) groups is 1. The lowest BCUT2D eigenvalue weighted by atomic mass is 9.79. The van der Waals surface area contributed by atoms with Crippen molar-refractivity contribution in [2.24, 2.45) is 5.92 Å². The molecule has 1 aromatic heterocycles. The Balaban J connectivity index is 1.51. The third-order valence-electron chi connectivity index (χ3n) is 5.09. The summed E-state index contributed by atoms with van der Waals surface area (Å²) in [5.74, 6) is 1.08. The van der Waals surface area contributed by atoms with Crippen LogP contribution in [0.25, 0.3) is 0 Å². The highest BCUT2D eigenvalue weighted by Crippen LogP contribution is 2.37. The molecule has 4 nitrogen and oxygen atoms in total. The molecule has 1 saturated carbocycles. The van der Waals surface area contributed by atoms with Gasteiger partial charge in [-0.05, 0) is 55.2 Å². The number of likely N-dealkylation sites (tertiary alicyclic amines) is 1. The molecule has 2 heterocycles. The molecule has 1 aromatic rings. The van der Waals surface area contributed by atoms with Crippen LogP contribution in [0, 0.1) is 5.92 Å². The van der Waals surface area contributed by atoms with Gasteiger partial charge in [-0.2, -0.15) is 0 Å². The number of nitrogens with one attached hydrogen (secondary N) is 1. The minimum Gasteiger partial charge on any atom is -0.337 e. The van der Waals surface area contributed by atoms with Gasteiger partial charge < -0.3 is 10.2 Å². The average Bonchev–Trinajstić information content (AvgIpc) is 2.92. The summed E-state index contributed by atoms with van der Waals surface area (Å²) in [6, 6.07) is 4.66. The fourth-order valence-electron chi connectivity index (χ4n) is 3.51. The van der Waals surface area contributed by atoms with Gasteiger partial charge in [-0.3, -0.25) is 4.98 Å². The van der Waals surface area contributed by atoms with Crippen LogP contribution in [-0.4, -0.2) is 35.0 Å². The summed E-state index contributed by atoms with van der Waals surface area (Å²) in [4.78, 5) is 18.6. The SMILES string of the molecule is C[C@H](CNC(=O)N1CCC[C@H]1C1CCC1)c1ccncc1. The lowest BCUT2D eigenvalue weighted by Gasteiger charge is -2.37. The third-order valence-corrected chi connectivity index (χ3v) is 5.09. The van der Waals surface area contributed by atoms with Gasteiger partial charge in [0.25, 0.3) is 0 Å². The molecule has 2 amide bonds. The third kappa shape index (κ3) is 3.20. The van der Waals surface area contributed by atoms with Gasteiger partial charge in [0.05, 0.1) is 0 Å². The van der Waals surface area contributed by atoms with Crippen molar-refractivity contribution in [3.8, 4) is 0 Å². The van der Waals surface area contributed by atoms with Gasteiger partial charge >= 0.3 is 6.03 Å². The lowest BCUT2D eigenvalue weighted by molar-refractivity contribution is 0.139. The van der Waals surface area contributed by atoms with Crippen LogP contribution in [0.3, 0.4) is 0 Å². The highest BCUT2D eigenvalue weighted by atomic mass is 16.2. The number of pyridine rings is 1. The van der Waals surface area contributed by atoms with E-state index in [1.165, 1.54) is 31.2 Å². The maximum atomic E-state index is 12.4. The quantitative estimate of drug-likeness (QED) is 0.924. The molecule has 2 fully saturated rings. The first-order valence-electron chi connectivity index (χ1n) is 8.20. The van der Waals surface area contributed by atoms with Crippen molar-refractivity contribution in [2.75, 3.05) is 13.1 Å². The summed E-state index contributed by atoms with van der Waals surface area (Å²) in [5.41, 5.74) is 1.22. The molecule has 2 atom stereocenters. The van der Waals surface area contributed by atoms with Gasteiger partial charge in [0.15, 0.2) is 0 Å². The molecule has 3 rings (SSSR count). The normalized spacial score (nSPS) is 23.7. The van der Waals surface area contributed by atoms with E-state index in [2.05, 4.69) is 22.1 Å². The molecule has 1 aliphatic carbocycles. The first-order chi connectivity index (χ1) is 10.3. The topological polar surface area (TPSA) is 45.2 Å². The highest BCUT2D eigenvalue weighted by molar-refractivity contribution is 5.75. The summed E-state index contributed by atoms with van der Waals surface area (Å²) < 4.78 is 0. The Morgan fingerprint density at radius 1 is 1.33 bits per heavy atom. The zero-order chi connectivity index (χ0) is 14.7. The number of carbonyl (C=O) groups excluding carboxylic acids is 1. The van der Waals surface area contributed by atoms with Gasteiger partial charge in [-0.15, -0.1) is 0 Å². The van der Waals surface area contributed by atoms with E-state index in [0.29, 0.717) is 18.5 Å². The van der Waals surface area contributed by atoms with Gasteiger partial charge in [0, 0.05) is 31.5 Å². The van der Waals surface area contributed by atoms with E-state index < -0.39 is 0 Å². The second-order valence-electron chi connectivity index (χ2n) is 6.46. The Bertz CT molecular complexity index is 472. The predicted octanol–water partition coefficient (Wildman–Crippen LogP) is 3.16. The number of aromatic nitrogens is 1. The van der Waals surface area contributed by atoms with Crippen molar-refractivity contribution < 1.29 is 4.79 Å². The van der Waals surface area contributed by atoms with Crippen LogP contribution in [0.1, 0.15) is 50.5 Å². The number of hydrogen-bond donors (Lipinski definition) is 1. The molecule has 0 spiro atoms. The smallest absolute Gasteiger partial charge is 0.317 e. The molecular weight excluding hydrogens is 262 g/mol. The maximum absolute atomic E-state index is 12.4. The second-order valence-corrected chi connectivity index (χ2v) is 6.46. The van der Waals surface area contributed by atoms with Crippen molar-refractivity contribution in [1.82, 2.24) is 15.2 Å². The van der Waals surface area contributed by atoms with Crippen LogP contribution in [-0.2, 0) is 0 Å². The Labute approximate surface area is 126 Å². The summed E-state index contributed by atoms with van der Waals surface area (Å²) in [7, 11) is 0. The molecule has 0 unspecified atom stereocenters. The monoisotopic (exact) mass is 287 g/mol. The summed E-state index contributed by atoms with van der Waals surface area (Å²) in [5, 5.41) is 3.12. The molecule has 21 heavy (non-hydrogen) atoms. The number of urea groups is 1. The van der Waals surface area contributed by atoms with E-state index in [-0.39, 0.29) is 6.03 Å². The maximum Gasteiger partial charge on any atom is 0.317 e. The molecule has 4 heteroatoms. The summed E-state index contributed by atoms with van der Waals surface area (Å²) in [6.45, 7) is 3.76. The lowest BCUT2D eigenvalue weighted by Crippen LogP contribution is -2.47. The number of rotatable bonds is 4. The Kier molecular flexibility index (Phi) is 4.42. The predicted molar refractivity (Wildman–Crippen MR) is 83.1 cm³/mol. The fourth-order valence-corrected chi connectivity index (χ4v) is 3.51. The van der Waals surface area contributed by atoms with Gasteiger partial charge in [0.2, 0.25) is 0 Å². The highest BCUT2D eigenvalue weighted by Gasteiger charge is 2.37. The molecule has 0 bridgehead atoms. The standard InChI is InChI=1S/C17H25N3O/c1-13(14-7-9-18-10-8-14)12-19-17(21)20-11-3-6-16(20)15-4-2-5-15/h7-10,13,15-16H,2-6,11-12H2,1H3,(H,19,21)/t13-,16+/m1/s1. The van der Waals surface area contributed by atoms with Crippen LogP contribution in [0.5, 0.6) is 0 Å². The number of hydrogen-bond acceptors (Lipinski definition) is 2. The van der Waals surface area contributed by atoms with E-state index in [1.807, 2.05) is 12.1 Å². The zero-order valence-electron chi connectivity index (χ0n) is 12.8. The summed E-state index contributed by atoms with van der Waals surface area (Å²) in [6.07, 6.45) is 9.92. The van der Waals surface area contributed by atoms with Crippen LogP contribution in [0.15, 0.2) is 24.5 Å². The second kappa shape index (κ2) is 6.46. The van der Waals surface area contributed by atoms with Crippen molar-refractivity contribution in [2.45, 2.75) is 51.0 Å². The molecule has 0 aromatic carbocycles.